The van der Waals surface area contributed by atoms with Gasteiger partial charge in [0, 0.05) is 44.1 Å². The summed E-state index contributed by atoms with van der Waals surface area (Å²) in [7, 11) is 0. The largest absolute Gasteiger partial charge is 0.399 e. The number of nitrogen functional groups attached to an aromatic ring is 1. The molecule has 4 nitrogen and oxygen atoms in total. The van der Waals surface area contributed by atoms with Gasteiger partial charge in [0.05, 0.1) is 6.61 Å². The fourth-order valence-electron chi connectivity index (χ4n) is 2.06. The Labute approximate surface area is 108 Å². The van der Waals surface area contributed by atoms with Crippen LogP contribution < -0.4 is 10.6 Å². The third-order valence-electron chi connectivity index (χ3n) is 3.05. The molecule has 0 saturated carbocycles. The summed E-state index contributed by atoms with van der Waals surface area (Å²) in [6.07, 6.45) is 0. The second-order valence-corrected chi connectivity index (χ2v) is 4.14. The molecule has 1 aromatic carbocycles. The standard InChI is InChI=1S/C12H19N3O.ClH/c13-11-1-3-12(4-2-11)15-7-5-14(6-8-15)9-10-16;/h1-4,16H,5-10,13H2;1H. The molecular weight excluding hydrogens is 238 g/mol. The number of anilines is 2. The van der Waals surface area contributed by atoms with Crippen LogP contribution in [0.5, 0.6) is 0 Å². The van der Waals surface area contributed by atoms with Crippen LogP contribution in [0.4, 0.5) is 11.4 Å². The SMILES string of the molecule is Cl.Nc1ccc(N2CCN(CCO)CC2)cc1. The molecule has 0 aliphatic carbocycles. The summed E-state index contributed by atoms with van der Waals surface area (Å²) < 4.78 is 0. The summed E-state index contributed by atoms with van der Waals surface area (Å²) in [5.74, 6) is 0. The zero-order valence-electron chi connectivity index (χ0n) is 9.88. The summed E-state index contributed by atoms with van der Waals surface area (Å²) in [6.45, 7) is 5.11. The monoisotopic (exact) mass is 257 g/mol. The van der Waals surface area contributed by atoms with Gasteiger partial charge in [-0.25, -0.2) is 0 Å². The van der Waals surface area contributed by atoms with Crippen LogP contribution in [0.15, 0.2) is 24.3 Å². The summed E-state index contributed by atoms with van der Waals surface area (Å²) >= 11 is 0. The van der Waals surface area contributed by atoms with Crippen LogP contribution in [-0.2, 0) is 0 Å². The molecule has 0 unspecified atom stereocenters. The van der Waals surface area contributed by atoms with E-state index < -0.39 is 0 Å². The predicted molar refractivity (Wildman–Crippen MR) is 73.8 cm³/mol. The second kappa shape index (κ2) is 6.69. The average Bonchev–Trinajstić information content (AvgIpc) is 2.32. The van der Waals surface area contributed by atoms with E-state index >= 15 is 0 Å². The van der Waals surface area contributed by atoms with Crippen LogP contribution in [0.2, 0.25) is 0 Å². The lowest BCUT2D eigenvalue weighted by molar-refractivity contribution is 0.189. The summed E-state index contributed by atoms with van der Waals surface area (Å²) in [4.78, 5) is 4.64. The van der Waals surface area contributed by atoms with Crippen molar-refractivity contribution in [3.8, 4) is 0 Å². The van der Waals surface area contributed by atoms with E-state index in [-0.39, 0.29) is 19.0 Å². The van der Waals surface area contributed by atoms with Gasteiger partial charge in [-0.3, -0.25) is 4.90 Å². The fraction of sp³-hybridized carbons (Fsp3) is 0.500. The first-order valence-corrected chi connectivity index (χ1v) is 5.73. The first-order valence-electron chi connectivity index (χ1n) is 5.73. The number of halogens is 1. The van der Waals surface area contributed by atoms with Gasteiger partial charge >= 0.3 is 0 Å². The third kappa shape index (κ3) is 3.77. The van der Waals surface area contributed by atoms with E-state index in [1.165, 1.54) is 5.69 Å². The number of benzene rings is 1. The van der Waals surface area contributed by atoms with Crippen molar-refractivity contribution in [3.63, 3.8) is 0 Å². The quantitative estimate of drug-likeness (QED) is 0.787. The van der Waals surface area contributed by atoms with Crippen molar-refractivity contribution in [2.45, 2.75) is 0 Å². The van der Waals surface area contributed by atoms with E-state index in [0.717, 1.165) is 38.4 Å². The maximum Gasteiger partial charge on any atom is 0.0558 e. The highest BCUT2D eigenvalue weighted by Gasteiger charge is 2.16. The van der Waals surface area contributed by atoms with Gasteiger partial charge in [-0.2, -0.15) is 0 Å². The molecule has 96 valence electrons. The minimum atomic E-state index is 0. The van der Waals surface area contributed by atoms with E-state index in [0.29, 0.717) is 0 Å². The number of nitrogens with zero attached hydrogens (tertiary/aromatic N) is 2. The molecule has 1 aliphatic heterocycles. The fourth-order valence-corrected chi connectivity index (χ4v) is 2.06. The number of aliphatic hydroxyl groups excluding tert-OH is 1. The first-order chi connectivity index (χ1) is 7.79. The zero-order valence-corrected chi connectivity index (χ0v) is 10.7. The van der Waals surface area contributed by atoms with Crippen molar-refractivity contribution in [2.75, 3.05) is 50.0 Å². The molecule has 0 amide bonds. The first kappa shape index (κ1) is 14.1. The maximum absolute atomic E-state index is 8.86. The van der Waals surface area contributed by atoms with Gasteiger partial charge in [-0.05, 0) is 24.3 Å². The maximum atomic E-state index is 8.86. The Hall–Kier alpha value is -0.970. The van der Waals surface area contributed by atoms with Gasteiger partial charge in [0.2, 0.25) is 0 Å². The molecule has 1 saturated heterocycles. The van der Waals surface area contributed by atoms with Crippen molar-refractivity contribution in [3.05, 3.63) is 24.3 Å². The average molecular weight is 258 g/mol. The number of β-amino-alcohol motifs (C(OH)–C–C–N with tert-alkyl or cyclic N) is 1. The van der Waals surface area contributed by atoms with Crippen molar-refractivity contribution in [1.82, 2.24) is 4.90 Å². The molecule has 0 aromatic heterocycles. The van der Waals surface area contributed by atoms with Crippen LogP contribution in [0, 0.1) is 0 Å². The lowest BCUT2D eigenvalue weighted by Gasteiger charge is -2.35. The van der Waals surface area contributed by atoms with E-state index in [1.807, 2.05) is 12.1 Å². The molecule has 1 aliphatic rings. The number of nitrogens with two attached hydrogens (primary N) is 1. The molecule has 1 aromatic rings. The molecule has 0 bridgehead atoms. The lowest BCUT2D eigenvalue weighted by Crippen LogP contribution is -2.47. The molecule has 1 heterocycles. The van der Waals surface area contributed by atoms with Crippen molar-refractivity contribution in [2.24, 2.45) is 0 Å². The molecular formula is C12H20ClN3O. The Morgan fingerprint density at radius 1 is 1.06 bits per heavy atom. The van der Waals surface area contributed by atoms with Crippen LogP contribution in [0.3, 0.4) is 0 Å². The number of aliphatic hydroxyl groups is 1. The molecule has 2 rings (SSSR count). The zero-order chi connectivity index (χ0) is 11.4. The van der Waals surface area contributed by atoms with E-state index in [1.54, 1.807) is 0 Å². The topological polar surface area (TPSA) is 52.7 Å². The summed E-state index contributed by atoms with van der Waals surface area (Å²) in [6, 6.07) is 8.01. The highest BCUT2D eigenvalue weighted by Crippen LogP contribution is 2.17. The van der Waals surface area contributed by atoms with Crippen molar-refractivity contribution >= 4 is 23.8 Å². The summed E-state index contributed by atoms with van der Waals surface area (Å²) in [5, 5.41) is 8.86. The second-order valence-electron chi connectivity index (χ2n) is 4.14. The number of rotatable bonds is 3. The lowest BCUT2D eigenvalue weighted by atomic mass is 10.2. The molecule has 17 heavy (non-hydrogen) atoms. The Morgan fingerprint density at radius 2 is 1.65 bits per heavy atom. The molecule has 0 atom stereocenters. The number of hydrogen-bond acceptors (Lipinski definition) is 4. The Bertz CT molecular complexity index is 323. The van der Waals surface area contributed by atoms with Gasteiger partial charge in [0.25, 0.3) is 0 Å². The Kier molecular flexibility index (Phi) is 5.55. The smallest absolute Gasteiger partial charge is 0.0558 e. The van der Waals surface area contributed by atoms with E-state index in [9.17, 15) is 0 Å². The van der Waals surface area contributed by atoms with Crippen molar-refractivity contribution < 1.29 is 5.11 Å². The Morgan fingerprint density at radius 3 is 2.18 bits per heavy atom. The third-order valence-corrected chi connectivity index (χ3v) is 3.05. The predicted octanol–water partition coefficient (Wildman–Crippen LogP) is 0.805. The Balaban J connectivity index is 0.00000144. The van der Waals surface area contributed by atoms with Gasteiger partial charge in [0.1, 0.15) is 0 Å². The molecule has 5 heteroatoms. The minimum Gasteiger partial charge on any atom is -0.399 e. The molecule has 3 N–H and O–H groups in total. The van der Waals surface area contributed by atoms with Crippen molar-refractivity contribution in [1.29, 1.82) is 0 Å². The van der Waals surface area contributed by atoms with Gasteiger partial charge < -0.3 is 15.7 Å². The van der Waals surface area contributed by atoms with Crippen LogP contribution in [-0.4, -0.2) is 49.3 Å². The molecule has 0 radical (unpaired) electrons. The van der Waals surface area contributed by atoms with Crippen LogP contribution in [0.1, 0.15) is 0 Å². The number of hydrogen-bond donors (Lipinski definition) is 2. The minimum absolute atomic E-state index is 0. The molecule has 0 spiro atoms. The highest BCUT2D eigenvalue weighted by atomic mass is 35.5. The van der Waals surface area contributed by atoms with Crippen LogP contribution in [0.25, 0.3) is 0 Å². The summed E-state index contributed by atoms with van der Waals surface area (Å²) in [5.41, 5.74) is 7.71. The number of piperazine rings is 1. The van der Waals surface area contributed by atoms with Gasteiger partial charge in [0.15, 0.2) is 0 Å². The molecule has 1 fully saturated rings. The van der Waals surface area contributed by atoms with Crippen LogP contribution >= 0.6 is 12.4 Å². The van der Waals surface area contributed by atoms with E-state index in [2.05, 4.69) is 21.9 Å². The van der Waals surface area contributed by atoms with Gasteiger partial charge in [-0.15, -0.1) is 12.4 Å². The van der Waals surface area contributed by atoms with E-state index in [4.69, 9.17) is 10.8 Å². The van der Waals surface area contributed by atoms with Gasteiger partial charge in [-0.1, -0.05) is 0 Å². The normalized spacial score (nSPS) is 16.6. The highest BCUT2D eigenvalue weighted by molar-refractivity contribution is 5.85.